The molecule has 0 aliphatic carbocycles. The van der Waals surface area contributed by atoms with Crippen LogP contribution in [-0.2, 0) is 0 Å². The van der Waals surface area contributed by atoms with Gasteiger partial charge >= 0.3 is 0 Å². The predicted octanol–water partition coefficient (Wildman–Crippen LogP) is 4.54. The summed E-state index contributed by atoms with van der Waals surface area (Å²) in [5.74, 6) is 0.656. The number of carbonyl (C=O) groups excluding carboxylic acids is 1. The van der Waals surface area contributed by atoms with Crippen molar-refractivity contribution in [2.24, 2.45) is 5.92 Å². The van der Waals surface area contributed by atoms with Crippen LogP contribution >= 0.6 is 8.58 Å². The lowest BCUT2D eigenvalue weighted by Crippen LogP contribution is -2.36. The highest BCUT2D eigenvalue weighted by atomic mass is 31.1. The molecule has 3 rings (SSSR count). The molecule has 166 valence electrons. The second kappa shape index (κ2) is 12.0. The third-order valence-electron chi connectivity index (χ3n) is 6.20. The Bertz CT molecular complexity index is 849. The van der Waals surface area contributed by atoms with Gasteiger partial charge in [-0.1, -0.05) is 34.6 Å². The molecule has 6 heteroatoms. The average molecular weight is 439 g/mol. The Kier molecular flexibility index (Phi) is 9.13. The topological polar surface area (TPSA) is 59.4 Å². The normalized spacial score (nSPS) is 17.9. The van der Waals surface area contributed by atoms with Crippen molar-refractivity contribution in [3.8, 4) is 6.07 Å². The molecule has 1 unspecified atom stereocenters. The first kappa shape index (κ1) is 23.5. The second-order valence-electron chi connectivity index (χ2n) is 8.35. The van der Waals surface area contributed by atoms with E-state index in [9.17, 15) is 4.79 Å². The fourth-order valence-electron chi connectivity index (χ4n) is 4.37. The summed E-state index contributed by atoms with van der Waals surface area (Å²) >= 11 is 0. The van der Waals surface area contributed by atoms with E-state index in [4.69, 9.17) is 5.26 Å². The van der Waals surface area contributed by atoms with Crippen LogP contribution < -0.4 is 5.32 Å². The zero-order valence-corrected chi connectivity index (χ0v) is 19.9. The maximum atomic E-state index is 12.8. The summed E-state index contributed by atoms with van der Waals surface area (Å²) < 4.78 is 0. The van der Waals surface area contributed by atoms with Crippen LogP contribution in [0.15, 0.2) is 47.6 Å². The Labute approximate surface area is 189 Å². The van der Waals surface area contributed by atoms with Crippen LogP contribution in [0, 0.1) is 17.2 Å². The largest absolute Gasteiger partial charge is 0.370 e. The number of nitriles is 1. The Morgan fingerprint density at radius 3 is 2.81 bits per heavy atom. The Morgan fingerprint density at radius 2 is 2.10 bits per heavy atom. The van der Waals surface area contributed by atoms with E-state index in [0.717, 1.165) is 37.4 Å². The van der Waals surface area contributed by atoms with Crippen LogP contribution in [0.25, 0.3) is 0 Å². The smallest absolute Gasteiger partial charge is 0.255 e. The van der Waals surface area contributed by atoms with Gasteiger partial charge in [0.25, 0.3) is 5.91 Å². The summed E-state index contributed by atoms with van der Waals surface area (Å²) in [5.41, 5.74) is 3.24. The number of allylic oxidation sites excluding steroid dienone is 2. The second-order valence-corrected chi connectivity index (χ2v) is 9.58. The molecule has 31 heavy (non-hydrogen) atoms. The lowest BCUT2D eigenvalue weighted by molar-refractivity contribution is 0.0965. The third kappa shape index (κ3) is 6.66. The van der Waals surface area contributed by atoms with Gasteiger partial charge in [0, 0.05) is 18.7 Å². The molecule has 1 atom stereocenters. The highest BCUT2D eigenvalue weighted by Gasteiger charge is 2.24. The molecule has 0 spiro atoms. The van der Waals surface area contributed by atoms with Gasteiger partial charge in [0.1, 0.15) is 0 Å². The quantitative estimate of drug-likeness (QED) is 0.575. The first-order valence-electron chi connectivity index (χ1n) is 11.6. The number of amides is 1. The highest BCUT2D eigenvalue weighted by Crippen LogP contribution is 2.36. The summed E-state index contributed by atoms with van der Waals surface area (Å²) in [4.78, 5) is 17.8. The van der Waals surface area contributed by atoms with Crippen LogP contribution in [0.4, 0.5) is 0 Å². The van der Waals surface area contributed by atoms with Crippen molar-refractivity contribution in [2.45, 2.75) is 39.5 Å². The minimum Gasteiger partial charge on any atom is -0.370 e. The molecule has 1 amide bonds. The molecular formula is C25H35N4OP. The van der Waals surface area contributed by atoms with E-state index in [1.165, 1.54) is 44.2 Å². The highest BCUT2D eigenvalue weighted by molar-refractivity contribution is 7.43. The van der Waals surface area contributed by atoms with Crippen molar-refractivity contribution in [1.29, 1.82) is 5.26 Å². The number of nitrogens with one attached hydrogen (secondary N) is 1. The number of likely N-dealkylation sites (tertiary alicyclic amines) is 1. The molecule has 1 N–H and O–H groups in total. The van der Waals surface area contributed by atoms with Crippen LogP contribution in [0.3, 0.4) is 0 Å². The van der Waals surface area contributed by atoms with Gasteiger partial charge in [-0.25, -0.2) is 0 Å². The van der Waals surface area contributed by atoms with E-state index < -0.39 is 0 Å². The molecule has 2 heterocycles. The SMILES string of the molecule is CCCN(CC)CCC1CCN(C2=C(NC(=O)c3cccc(C#N)c3)C=CCP2)CC1. The van der Waals surface area contributed by atoms with Crippen LogP contribution in [-0.4, -0.2) is 54.6 Å². The summed E-state index contributed by atoms with van der Waals surface area (Å²) in [6.45, 7) is 10.2. The monoisotopic (exact) mass is 438 g/mol. The van der Waals surface area contributed by atoms with Gasteiger partial charge in [-0.15, -0.1) is 0 Å². The first-order valence-corrected chi connectivity index (χ1v) is 12.8. The van der Waals surface area contributed by atoms with E-state index >= 15 is 0 Å². The molecule has 5 nitrogen and oxygen atoms in total. The molecule has 0 bridgehead atoms. The van der Waals surface area contributed by atoms with Crippen LogP contribution in [0.1, 0.15) is 55.5 Å². The maximum Gasteiger partial charge on any atom is 0.255 e. The summed E-state index contributed by atoms with van der Waals surface area (Å²) in [6, 6.07) is 8.98. The summed E-state index contributed by atoms with van der Waals surface area (Å²) in [7, 11) is 0.691. The molecule has 1 aromatic carbocycles. The third-order valence-corrected chi connectivity index (χ3v) is 7.56. The van der Waals surface area contributed by atoms with E-state index in [-0.39, 0.29) is 5.91 Å². The van der Waals surface area contributed by atoms with Gasteiger partial charge in [0.2, 0.25) is 0 Å². The summed E-state index contributed by atoms with van der Waals surface area (Å²) in [6.07, 6.45) is 10.2. The van der Waals surface area contributed by atoms with Gasteiger partial charge in [0.15, 0.2) is 0 Å². The van der Waals surface area contributed by atoms with Crippen molar-refractivity contribution < 1.29 is 4.79 Å². The maximum absolute atomic E-state index is 12.8. The van der Waals surface area contributed by atoms with Crippen LogP contribution in [0.5, 0.6) is 0 Å². The lowest BCUT2D eigenvalue weighted by atomic mass is 9.93. The molecule has 1 fully saturated rings. The van der Waals surface area contributed by atoms with E-state index in [1.54, 1.807) is 24.3 Å². The fourth-order valence-corrected chi connectivity index (χ4v) is 5.58. The number of hydrogen-bond donors (Lipinski definition) is 1. The van der Waals surface area contributed by atoms with Crippen molar-refractivity contribution in [3.63, 3.8) is 0 Å². The molecule has 0 aromatic heterocycles. The molecule has 1 saturated heterocycles. The molecule has 2 aliphatic rings. The molecule has 2 aliphatic heterocycles. The molecule has 1 aromatic rings. The van der Waals surface area contributed by atoms with E-state index in [2.05, 4.69) is 41.1 Å². The zero-order chi connectivity index (χ0) is 22.1. The van der Waals surface area contributed by atoms with Gasteiger partial charge in [-0.2, -0.15) is 5.26 Å². The van der Waals surface area contributed by atoms with Crippen molar-refractivity contribution >= 4 is 14.5 Å². The Balaban J connectivity index is 1.59. The zero-order valence-electron chi connectivity index (χ0n) is 18.9. The van der Waals surface area contributed by atoms with Gasteiger partial charge < -0.3 is 15.1 Å². The predicted molar refractivity (Wildman–Crippen MR) is 129 cm³/mol. The molecule has 0 radical (unpaired) electrons. The van der Waals surface area contributed by atoms with Crippen molar-refractivity contribution in [3.05, 3.63) is 58.7 Å². The van der Waals surface area contributed by atoms with Crippen molar-refractivity contribution in [2.75, 3.05) is 38.9 Å². The summed E-state index contributed by atoms with van der Waals surface area (Å²) in [5, 5.41) is 12.2. The van der Waals surface area contributed by atoms with E-state index in [0.29, 0.717) is 19.7 Å². The minimum absolute atomic E-state index is 0.147. The average Bonchev–Trinajstić information content (AvgIpc) is 2.82. The fraction of sp³-hybridized carbons (Fsp3) is 0.520. The minimum atomic E-state index is -0.147. The van der Waals surface area contributed by atoms with Crippen molar-refractivity contribution in [1.82, 2.24) is 15.1 Å². The number of nitrogens with zero attached hydrogens (tertiary/aromatic N) is 3. The van der Waals surface area contributed by atoms with Crippen LogP contribution in [0.2, 0.25) is 0 Å². The van der Waals surface area contributed by atoms with Gasteiger partial charge in [-0.3, -0.25) is 4.79 Å². The Hall–Kier alpha value is -2.15. The number of rotatable bonds is 9. The standard InChI is InChI=1S/C25H35N4OP/c1-3-13-28(4-2)14-10-20-11-15-29(16-12-20)25-23(9-6-17-31-25)27-24(30)22-8-5-7-21(18-22)19-26/h5-9,18,20,31H,3-4,10-17H2,1-2H3,(H,27,30). The number of benzene rings is 1. The first-order chi connectivity index (χ1) is 15.1. The number of hydrogen-bond acceptors (Lipinski definition) is 4. The van der Waals surface area contributed by atoms with Gasteiger partial charge in [-0.05, 0) is 81.7 Å². The van der Waals surface area contributed by atoms with E-state index in [1.807, 2.05) is 6.08 Å². The van der Waals surface area contributed by atoms with Gasteiger partial charge in [0.05, 0.1) is 22.8 Å². The molecular weight excluding hydrogens is 403 g/mol. The number of piperidine rings is 1. The Morgan fingerprint density at radius 1 is 1.29 bits per heavy atom. The number of carbonyl (C=O) groups is 1. The lowest BCUT2D eigenvalue weighted by Gasteiger charge is -2.37. The molecule has 0 saturated carbocycles.